The van der Waals surface area contributed by atoms with Gasteiger partial charge in [0.25, 0.3) is 5.91 Å². The summed E-state index contributed by atoms with van der Waals surface area (Å²) >= 11 is 0. The van der Waals surface area contributed by atoms with E-state index in [1.165, 1.54) is 32.8 Å². The summed E-state index contributed by atoms with van der Waals surface area (Å²) < 4.78 is 10.3. The summed E-state index contributed by atoms with van der Waals surface area (Å²) in [6.45, 7) is 0.706. The van der Waals surface area contributed by atoms with E-state index in [-0.39, 0.29) is 5.91 Å². The highest BCUT2D eigenvalue weighted by atomic mass is 16.5. The van der Waals surface area contributed by atoms with Crippen LogP contribution in [-0.2, 0) is 0 Å². The molecule has 0 atom stereocenters. The first-order valence-corrected chi connectivity index (χ1v) is 6.95. The molecule has 5 nitrogen and oxygen atoms in total. The number of ether oxygens (including phenoxy) is 2. The second-order valence-electron chi connectivity index (χ2n) is 5.15. The van der Waals surface area contributed by atoms with Crippen LogP contribution >= 0.6 is 0 Å². The molecule has 0 spiro atoms. The van der Waals surface area contributed by atoms with Gasteiger partial charge in [0.2, 0.25) is 0 Å². The predicted molar refractivity (Wildman–Crippen MR) is 78.2 cm³/mol. The number of methoxy groups -OCH3 is 2. The Labute approximate surface area is 119 Å². The molecule has 1 aromatic rings. The van der Waals surface area contributed by atoms with Gasteiger partial charge in [-0.1, -0.05) is 12.8 Å². The van der Waals surface area contributed by atoms with Crippen molar-refractivity contribution in [2.24, 2.45) is 5.92 Å². The molecule has 5 heteroatoms. The number of carbonyl (C=O) groups is 1. The SMILES string of the molecule is COc1cc(OC)c(N)c(C(=O)NCC2CCCC2)c1. The van der Waals surface area contributed by atoms with Crippen molar-refractivity contribution in [2.45, 2.75) is 25.7 Å². The fourth-order valence-electron chi connectivity index (χ4n) is 2.62. The van der Waals surface area contributed by atoms with Gasteiger partial charge >= 0.3 is 0 Å². The van der Waals surface area contributed by atoms with Gasteiger partial charge in [-0.2, -0.15) is 0 Å². The highest BCUT2D eigenvalue weighted by Gasteiger charge is 2.19. The average Bonchev–Trinajstić information content (AvgIpc) is 2.98. The molecule has 3 N–H and O–H groups in total. The molecule has 0 aromatic heterocycles. The van der Waals surface area contributed by atoms with E-state index >= 15 is 0 Å². The zero-order valence-corrected chi connectivity index (χ0v) is 12.1. The number of amides is 1. The summed E-state index contributed by atoms with van der Waals surface area (Å²) in [4.78, 5) is 12.3. The van der Waals surface area contributed by atoms with Gasteiger partial charge in [0.05, 0.1) is 25.5 Å². The van der Waals surface area contributed by atoms with Crippen molar-refractivity contribution in [1.82, 2.24) is 5.32 Å². The highest BCUT2D eigenvalue weighted by molar-refractivity contribution is 6.00. The van der Waals surface area contributed by atoms with Crippen molar-refractivity contribution in [1.29, 1.82) is 0 Å². The maximum Gasteiger partial charge on any atom is 0.253 e. The molecule has 1 saturated carbocycles. The monoisotopic (exact) mass is 278 g/mol. The van der Waals surface area contributed by atoms with E-state index in [0.717, 1.165) is 0 Å². The van der Waals surface area contributed by atoms with Crippen LogP contribution in [0.2, 0.25) is 0 Å². The normalized spacial score (nSPS) is 15.1. The molecule has 1 amide bonds. The molecule has 2 rings (SSSR count). The van der Waals surface area contributed by atoms with Crippen LogP contribution in [0.3, 0.4) is 0 Å². The van der Waals surface area contributed by atoms with E-state index in [9.17, 15) is 4.79 Å². The van der Waals surface area contributed by atoms with Gasteiger partial charge in [-0.3, -0.25) is 4.79 Å². The van der Waals surface area contributed by atoms with Crippen molar-refractivity contribution < 1.29 is 14.3 Å². The maximum absolute atomic E-state index is 12.3. The molecule has 1 fully saturated rings. The topological polar surface area (TPSA) is 73.6 Å². The maximum atomic E-state index is 12.3. The van der Waals surface area contributed by atoms with Gasteiger partial charge in [0, 0.05) is 12.6 Å². The molecule has 1 aliphatic rings. The first-order valence-electron chi connectivity index (χ1n) is 6.95. The summed E-state index contributed by atoms with van der Waals surface area (Å²) in [5, 5.41) is 2.95. The van der Waals surface area contributed by atoms with Crippen molar-refractivity contribution in [3.63, 3.8) is 0 Å². The fraction of sp³-hybridized carbons (Fsp3) is 0.533. The van der Waals surface area contributed by atoms with Gasteiger partial charge in [-0.25, -0.2) is 0 Å². The van der Waals surface area contributed by atoms with Gasteiger partial charge in [0.1, 0.15) is 11.5 Å². The number of anilines is 1. The van der Waals surface area contributed by atoms with E-state index < -0.39 is 0 Å². The number of carbonyl (C=O) groups excluding carboxylic acids is 1. The molecule has 1 aliphatic carbocycles. The lowest BCUT2D eigenvalue weighted by Crippen LogP contribution is -2.29. The number of nitrogens with two attached hydrogens (primary N) is 1. The lowest BCUT2D eigenvalue weighted by atomic mass is 10.1. The molecule has 0 saturated heterocycles. The Morgan fingerprint density at radius 2 is 2.00 bits per heavy atom. The average molecular weight is 278 g/mol. The predicted octanol–water partition coefficient (Wildman–Crippen LogP) is 2.21. The minimum absolute atomic E-state index is 0.174. The largest absolute Gasteiger partial charge is 0.497 e. The van der Waals surface area contributed by atoms with E-state index in [1.807, 2.05) is 0 Å². The molecule has 0 bridgehead atoms. The van der Waals surface area contributed by atoms with Crippen LogP contribution in [0.25, 0.3) is 0 Å². The number of nitrogens with one attached hydrogen (secondary N) is 1. The summed E-state index contributed by atoms with van der Waals surface area (Å²) in [5.41, 5.74) is 6.71. The number of nitrogen functional groups attached to an aromatic ring is 1. The Morgan fingerprint density at radius 3 is 2.60 bits per heavy atom. The molecule has 0 radical (unpaired) electrons. The third-order valence-corrected chi connectivity index (χ3v) is 3.84. The van der Waals surface area contributed by atoms with Crippen LogP contribution < -0.4 is 20.5 Å². The molecule has 0 aliphatic heterocycles. The van der Waals surface area contributed by atoms with Crippen molar-refractivity contribution in [3.8, 4) is 11.5 Å². The number of benzene rings is 1. The van der Waals surface area contributed by atoms with Crippen LogP contribution in [0, 0.1) is 5.92 Å². The van der Waals surface area contributed by atoms with Crippen LogP contribution in [-0.4, -0.2) is 26.7 Å². The second-order valence-corrected chi connectivity index (χ2v) is 5.15. The Hall–Kier alpha value is -1.91. The fourth-order valence-corrected chi connectivity index (χ4v) is 2.62. The van der Waals surface area contributed by atoms with Gasteiger partial charge in [-0.15, -0.1) is 0 Å². The van der Waals surface area contributed by atoms with Gasteiger partial charge in [0.15, 0.2) is 0 Å². The lowest BCUT2D eigenvalue weighted by Gasteiger charge is -2.14. The van der Waals surface area contributed by atoms with E-state index in [4.69, 9.17) is 15.2 Å². The molecule has 1 aromatic carbocycles. The minimum Gasteiger partial charge on any atom is -0.497 e. The van der Waals surface area contributed by atoms with Crippen LogP contribution in [0.1, 0.15) is 36.0 Å². The second kappa shape index (κ2) is 6.50. The molecular weight excluding hydrogens is 256 g/mol. The van der Waals surface area contributed by atoms with Crippen LogP contribution in [0.4, 0.5) is 5.69 Å². The third kappa shape index (κ3) is 3.15. The van der Waals surface area contributed by atoms with E-state index in [0.29, 0.717) is 35.2 Å². The number of hydrogen-bond acceptors (Lipinski definition) is 4. The third-order valence-electron chi connectivity index (χ3n) is 3.84. The summed E-state index contributed by atoms with van der Waals surface area (Å²) in [5.74, 6) is 1.43. The standard InChI is InChI=1S/C15H22N2O3/c1-19-11-7-12(14(16)13(8-11)20-2)15(18)17-9-10-5-3-4-6-10/h7-8,10H,3-6,9,16H2,1-2H3,(H,17,18). The smallest absolute Gasteiger partial charge is 0.253 e. The summed E-state index contributed by atoms with van der Waals surface area (Å²) in [7, 11) is 3.07. The Kier molecular flexibility index (Phi) is 4.71. The zero-order valence-electron chi connectivity index (χ0n) is 12.1. The Balaban J connectivity index is 2.11. The van der Waals surface area contributed by atoms with Crippen molar-refractivity contribution in [2.75, 3.05) is 26.5 Å². The molecule has 110 valence electrons. The minimum atomic E-state index is -0.174. The zero-order chi connectivity index (χ0) is 14.5. The first kappa shape index (κ1) is 14.5. The number of hydrogen-bond donors (Lipinski definition) is 2. The van der Waals surface area contributed by atoms with Gasteiger partial charge in [-0.05, 0) is 24.8 Å². The Morgan fingerprint density at radius 1 is 1.30 bits per heavy atom. The Bertz CT molecular complexity index is 482. The molecule has 0 heterocycles. The van der Waals surface area contributed by atoms with Crippen LogP contribution in [0.5, 0.6) is 11.5 Å². The highest BCUT2D eigenvalue weighted by Crippen LogP contribution is 2.31. The van der Waals surface area contributed by atoms with Crippen molar-refractivity contribution in [3.05, 3.63) is 17.7 Å². The summed E-state index contributed by atoms with van der Waals surface area (Å²) in [6.07, 6.45) is 4.90. The molecular formula is C15H22N2O3. The van der Waals surface area contributed by atoms with Crippen LogP contribution in [0.15, 0.2) is 12.1 Å². The van der Waals surface area contributed by atoms with Gasteiger partial charge < -0.3 is 20.5 Å². The van der Waals surface area contributed by atoms with E-state index in [2.05, 4.69) is 5.32 Å². The molecule has 0 unspecified atom stereocenters. The van der Waals surface area contributed by atoms with E-state index in [1.54, 1.807) is 19.2 Å². The molecule has 20 heavy (non-hydrogen) atoms. The number of rotatable bonds is 5. The van der Waals surface area contributed by atoms with Crippen molar-refractivity contribution >= 4 is 11.6 Å². The first-order chi connectivity index (χ1) is 9.65. The quantitative estimate of drug-likeness (QED) is 0.810. The lowest BCUT2D eigenvalue weighted by molar-refractivity contribution is 0.0947. The summed E-state index contributed by atoms with van der Waals surface area (Å²) in [6, 6.07) is 3.31.